The van der Waals surface area contributed by atoms with Crippen LogP contribution >= 0.6 is 0 Å². The minimum absolute atomic E-state index is 0.160. The van der Waals surface area contributed by atoms with Crippen molar-refractivity contribution in [1.29, 1.82) is 0 Å². The van der Waals surface area contributed by atoms with Crippen LogP contribution in [0.3, 0.4) is 0 Å². The molecule has 0 aromatic heterocycles. The number of anilines is 1. The highest BCUT2D eigenvalue weighted by atomic mass is 16.3. The largest absolute Gasteiger partial charge is 0.375 e. The first-order valence-corrected chi connectivity index (χ1v) is 7.14. The molecule has 1 amide bonds. The summed E-state index contributed by atoms with van der Waals surface area (Å²) in [4.78, 5) is 25.6. The summed E-state index contributed by atoms with van der Waals surface area (Å²) in [7, 11) is 0. The van der Waals surface area contributed by atoms with Crippen molar-refractivity contribution in [2.75, 3.05) is 11.4 Å². The maximum absolute atomic E-state index is 12.5. The first-order chi connectivity index (χ1) is 9.50. The van der Waals surface area contributed by atoms with Crippen LogP contribution in [0.25, 0.3) is 0 Å². The molecule has 1 N–H and O–H groups in total. The van der Waals surface area contributed by atoms with Gasteiger partial charge in [0.1, 0.15) is 5.78 Å². The van der Waals surface area contributed by atoms with Gasteiger partial charge in [-0.2, -0.15) is 0 Å². The topological polar surface area (TPSA) is 57.6 Å². The van der Waals surface area contributed by atoms with Gasteiger partial charge >= 0.3 is 0 Å². The van der Waals surface area contributed by atoms with Crippen LogP contribution in [0.15, 0.2) is 24.3 Å². The molecule has 4 nitrogen and oxygen atoms in total. The number of hydrogen-bond donors (Lipinski definition) is 1. The average molecular weight is 275 g/mol. The standard InChI is InChI=1S/C16H21NO3/c1-3-4-7-10-17-14-9-6-5-8-13(14)16(20,15(17)19)11-12(2)18/h5-6,8-9,20H,3-4,7,10-11H2,1-2H3. The van der Waals surface area contributed by atoms with E-state index in [2.05, 4.69) is 6.92 Å². The summed E-state index contributed by atoms with van der Waals surface area (Å²) in [6.45, 7) is 4.09. The van der Waals surface area contributed by atoms with Gasteiger partial charge < -0.3 is 10.0 Å². The lowest BCUT2D eigenvalue weighted by Gasteiger charge is -2.22. The number of para-hydroxylation sites is 1. The summed E-state index contributed by atoms with van der Waals surface area (Å²) >= 11 is 0. The molecule has 0 bridgehead atoms. The smallest absolute Gasteiger partial charge is 0.264 e. The van der Waals surface area contributed by atoms with Crippen LogP contribution in [0.5, 0.6) is 0 Å². The Kier molecular flexibility index (Phi) is 4.23. The highest BCUT2D eigenvalue weighted by Crippen LogP contribution is 2.42. The fourth-order valence-corrected chi connectivity index (χ4v) is 2.78. The number of hydrogen-bond acceptors (Lipinski definition) is 3. The molecule has 0 fully saturated rings. The normalized spacial score (nSPS) is 21.1. The van der Waals surface area contributed by atoms with E-state index < -0.39 is 5.60 Å². The van der Waals surface area contributed by atoms with Gasteiger partial charge in [-0.3, -0.25) is 9.59 Å². The third kappa shape index (κ3) is 2.48. The third-order valence-corrected chi connectivity index (χ3v) is 3.73. The number of ketones is 1. The van der Waals surface area contributed by atoms with Crippen molar-refractivity contribution in [3.05, 3.63) is 29.8 Å². The molecule has 1 aromatic carbocycles. The lowest BCUT2D eigenvalue weighted by molar-refractivity contribution is -0.141. The maximum Gasteiger partial charge on any atom is 0.264 e. The minimum Gasteiger partial charge on any atom is -0.375 e. The van der Waals surface area contributed by atoms with Crippen molar-refractivity contribution in [3.63, 3.8) is 0 Å². The molecule has 4 heteroatoms. The zero-order valence-electron chi connectivity index (χ0n) is 12.1. The van der Waals surface area contributed by atoms with Gasteiger partial charge in [0, 0.05) is 18.5 Å². The SMILES string of the molecule is CCCCCN1C(=O)C(O)(CC(C)=O)c2ccccc21. The van der Waals surface area contributed by atoms with E-state index in [-0.39, 0.29) is 18.1 Å². The number of fused-ring (bicyclic) bond motifs is 1. The van der Waals surface area contributed by atoms with Crippen LogP contribution in [0.4, 0.5) is 5.69 Å². The number of unbranched alkanes of at least 4 members (excludes halogenated alkanes) is 2. The Hall–Kier alpha value is -1.68. The summed E-state index contributed by atoms with van der Waals surface area (Å²) in [6.07, 6.45) is 2.85. The van der Waals surface area contributed by atoms with Crippen LogP contribution in [0.2, 0.25) is 0 Å². The number of carbonyl (C=O) groups excluding carboxylic acids is 2. The Morgan fingerprint density at radius 3 is 2.65 bits per heavy atom. The van der Waals surface area contributed by atoms with Crippen molar-refractivity contribution >= 4 is 17.4 Å². The molecular weight excluding hydrogens is 254 g/mol. The summed E-state index contributed by atoms with van der Waals surface area (Å²) in [5.41, 5.74) is -0.400. The number of Topliss-reactive ketones (excluding diaryl/α,β-unsaturated/α-hetero) is 1. The molecular formula is C16H21NO3. The van der Waals surface area contributed by atoms with Crippen LogP contribution in [0.1, 0.15) is 45.1 Å². The predicted molar refractivity (Wildman–Crippen MR) is 77.5 cm³/mol. The highest BCUT2D eigenvalue weighted by molar-refractivity contribution is 6.08. The number of nitrogens with zero attached hydrogens (tertiary/aromatic N) is 1. The average Bonchev–Trinajstić information content (AvgIpc) is 2.61. The van der Waals surface area contributed by atoms with Crippen LogP contribution in [-0.4, -0.2) is 23.3 Å². The van der Waals surface area contributed by atoms with Gasteiger partial charge in [-0.05, 0) is 19.4 Å². The lowest BCUT2D eigenvalue weighted by atomic mass is 9.90. The van der Waals surface area contributed by atoms with Crippen molar-refractivity contribution < 1.29 is 14.7 Å². The zero-order valence-corrected chi connectivity index (χ0v) is 12.1. The molecule has 1 aromatic rings. The van der Waals surface area contributed by atoms with Gasteiger partial charge in [-0.1, -0.05) is 38.0 Å². The van der Waals surface area contributed by atoms with Crippen LogP contribution in [0, 0.1) is 0 Å². The Labute approximate surface area is 119 Å². The molecule has 2 rings (SSSR count). The number of aliphatic hydroxyl groups is 1. The summed E-state index contributed by atoms with van der Waals surface area (Å²) < 4.78 is 0. The number of carbonyl (C=O) groups is 2. The van der Waals surface area contributed by atoms with Crippen molar-refractivity contribution in [2.45, 2.75) is 45.1 Å². The quantitative estimate of drug-likeness (QED) is 0.811. The van der Waals surface area contributed by atoms with Gasteiger partial charge in [-0.15, -0.1) is 0 Å². The van der Waals surface area contributed by atoms with Crippen LogP contribution in [-0.2, 0) is 15.2 Å². The molecule has 1 atom stereocenters. The van der Waals surface area contributed by atoms with E-state index in [0.717, 1.165) is 24.9 Å². The molecule has 108 valence electrons. The second kappa shape index (κ2) is 5.75. The van der Waals surface area contributed by atoms with Crippen LogP contribution < -0.4 is 4.90 Å². The van der Waals surface area contributed by atoms with E-state index in [1.165, 1.54) is 6.92 Å². The molecule has 1 aliphatic heterocycles. The maximum atomic E-state index is 12.5. The fraction of sp³-hybridized carbons (Fsp3) is 0.500. The van der Waals surface area contributed by atoms with Crippen molar-refractivity contribution in [2.24, 2.45) is 0 Å². The van der Waals surface area contributed by atoms with Crippen molar-refractivity contribution in [1.82, 2.24) is 0 Å². The number of rotatable bonds is 6. The van der Waals surface area contributed by atoms with Gasteiger partial charge in [0.05, 0.1) is 5.69 Å². The molecule has 0 aliphatic carbocycles. The minimum atomic E-state index is -1.69. The lowest BCUT2D eigenvalue weighted by Crippen LogP contribution is -2.41. The van der Waals surface area contributed by atoms with E-state index in [1.54, 1.807) is 17.0 Å². The molecule has 0 radical (unpaired) electrons. The Balaban J connectivity index is 2.34. The molecule has 0 spiro atoms. The Morgan fingerprint density at radius 1 is 1.30 bits per heavy atom. The zero-order chi connectivity index (χ0) is 14.8. The second-order valence-electron chi connectivity index (χ2n) is 5.42. The summed E-state index contributed by atoms with van der Waals surface area (Å²) in [6, 6.07) is 7.19. The second-order valence-corrected chi connectivity index (χ2v) is 5.42. The highest BCUT2D eigenvalue weighted by Gasteiger charge is 2.49. The fourth-order valence-electron chi connectivity index (χ4n) is 2.78. The molecule has 20 heavy (non-hydrogen) atoms. The molecule has 1 unspecified atom stereocenters. The molecule has 0 saturated heterocycles. The Morgan fingerprint density at radius 2 is 2.00 bits per heavy atom. The Bertz CT molecular complexity index is 526. The molecule has 1 heterocycles. The van der Waals surface area contributed by atoms with Gasteiger partial charge in [0.2, 0.25) is 0 Å². The summed E-state index contributed by atoms with van der Waals surface area (Å²) in [5, 5.41) is 10.7. The predicted octanol–water partition coefficient (Wildman–Crippen LogP) is 2.39. The van der Waals surface area contributed by atoms with E-state index >= 15 is 0 Å². The number of amides is 1. The van der Waals surface area contributed by atoms with E-state index in [9.17, 15) is 14.7 Å². The molecule has 0 saturated carbocycles. The molecule has 1 aliphatic rings. The van der Waals surface area contributed by atoms with E-state index in [0.29, 0.717) is 12.1 Å². The monoisotopic (exact) mass is 275 g/mol. The van der Waals surface area contributed by atoms with Crippen molar-refractivity contribution in [3.8, 4) is 0 Å². The first-order valence-electron chi connectivity index (χ1n) is 7.14. The van der Waals surface area contributed by atoms with E-state index in [1.807, 2.05) is 12.1 Å². The summed E-state index contributed by atoms with van der Waals surface area (Å²) in [5.74, 6) is -0.559. The first kappa shape index (κ1) is 14.7. The third-order valence-electron chi connectivity index (χ3n) is 3.73. The van der Waals surface area contributed by atoms with Gasteiger partial charge in [0.25, 0.3) is 5.91 Å². The van der Waals surface area contributed by atoms with Gasteiger partial charge in [-0.25, -0.2) is 0 Å². The van der Waals surface area contributed by atoms with Gasteiger partial charge in [0.15, 0.2) is 5.60 Å². The van der Waals surface area contributed by atoms with E-state index in [4.69, 9.17) is 0 Å². The number of benzene rings is 1.